The fourth-order valence-corrected chi connectivity index (χ4v) is 4.61. The fourth-order valence-electron chi connectivity index (χ4n) is 4.03. The molecule has 14 heteroatoms. The van der Waals surface area contributed by atoms with Crippen LogP contribution in [0.15, 0.2) is 34.7 Å². The minimum atomic E-state index is -4.55. The van der Waals surface area contributed by atoms with E-state index in [1.807, 2.05) is 19.1 Å². The number of methoxy groups -OCH3 is 1. The van der Waals surface area contributed by atoms with Crippen molar-refractivity contribution in [1.82, 2.24) is 30.2 Å². The van der Waals surface area contributed by atoms with Crippen LogP contribution in [0.3, 0.4) is 0 Å². The Labute approximate surface area is 240 Å². The summed E-state index contributed by atoms with van der Waals surface area (Å²) in [4.78, 5) is 39.4. The molecule has 0 amide bonds. The molecule has 1 N–H and O–H groups in total. The monoisotopic (exact) mass is 588 g/mol. The van der Waals surface area contributed by atoms with Crippen LogP contribution >= 0.6 is 11.8 Å². The highest BCUT2D eigenvalue weighted by atomic mass is 32.2. The van der Waals surface area contributed by atoms with E-state index in [0.717, 1.165) is 41.0 Å². The van der Waals surface area contributed by atoms with Gasteiger partial charge in [-0.05, 0) is 44.1 Å². The lowest BCUT2D eigenvalue weighted by molar-refractivity contribution is -0.144. The summed E-state index contributed by atoms with van der Waals surface area (Å²) in [5.41, 5.74) is 2.20. The third-order valence-corrected chi connectivity index (χ3v) is 7.38. The van der Waals surface area contributed by atoms with Crippen LogP contribution < -0.4 is 15.0 Å². The van der Waals surface area contributed by atoms with E-state index in [4.69, 9.17) is 4.74 Å². The number of aliphatic imine (C=N–C) groups is 1. The normalized spacial score (nSPS) is 14.5. The predicted molar refractivity (Wildman–Crippen MR) is 151 cm³/mol. The summed E-state index contributed by atoms with van der Waals surface area (Å²) in [6.45, 7) is 4.89. The number of carbonyl (C=O) groups excluding carboxylic acids is 1. The first-order valence-corrected chi connectivity index (χ1v) is 14.0. The van der Waals surface area contributed by atoms with E-state index < -0.39 is 12.2 Å². The van der Waals surface area contributed by atoms with Crippen LogP contribution in [-0.2, 0) is 11.3 Å². The third-order valence-electron chi connectivity index (χ3n) is 6.56. The quantitative estimate of drug-likeness (QED) is 0.141. The first kappa shape index (κ1) is 30.2. The Balaban J connectivity index is 1.77. The molecular formula is C27H31F3N8O2S. The molecule has 41 heavy (non-hydrogen) atoms. The predicted octanol–water partition coefficient (Wildman–Crippen LogP) is 5.04. The van der Waals surface area contributed by atoms with Gasteiger partial charge >= 0.3 is 6.18 Å². The maximum atomic E-state index is 13.8. The smallest absolute Gasteiger partial charge is 0.408 e. The van der Waals surface area contributed by atoms with Crippen molar-refractivity contribution in [2.75, 3.05) is 24.8 Å². The number of anilines is 1. The minimum Gasteiger partial charge on any atom is -0.480 e. The van der Waals surface area contributed by atoms with Gasteiger partial charge in [0.05, 0.1) is 23.5 Å². The van der Waals surface area contributed by atoms with Crippen LogP contribution in [0.25, 0.3) is 11.4 Å². The van der Waals surface area contributed by atoms with Gasteiger partial charge in [-0.3, -0.25) is 4.79 Å². The molecular weight excluding hydrogens is 557 g/mol. The standard InChI is InChI=1S/C27H31F3N8O2S/c1-6-41-20-10-7-17(12-32-20)11-31-19(13-39)36-22-15(2)35-24(37-25(22)38(4)16(3)27(28,29)30)21-23(18-8-9-18)33-14-34-26(21)40-5/h7,10,12-14,16,18H,6,8-9,11H2,1-5H3,(H,31,36). The van der Waals surface area contributed by atoms with Gasteiger partial charge in [0.2, 0.25) is 5.88 Å². The molecule has 1 saturated carbocycles. The molecule has 3 aromatic heterocycles. The molecule has 3 heterocycles. The van der Waals surface area contributed by atoms with Crippen LogP contribution in [0.2, 0.25) is 0 Å². The van der Waals surface area contributed by atoms with E-state index in [0.29, 0.717) is 17.5 Å². The summed E-state index contributed by atoms with van der Waals surface area (Å²) in [5, 5.41) is 3.81. The molecule has 0 bridgehead atoms. The van der Waals surface area contributed by atoms with Gasteiger partial charge in [-0.25, -0.2) is 29.9 Å². The first-order valence-electron chi connectivity index (χ1n) is 13.0. The molecule has 1 atom stereocenters. The number of pyridine rings is 1. The molecule has 0 radical (unpaired) electrons. The Morgan fingerprint density at radius 3 is 2.61 bits per heavy atom. The number of carbonyl (C=O) groups is 1. The van der Waals surface area contributed by atoms with Crippen molar-refractivity contribution in [2.24, 2.45) is 4.99 Å². The Morgan fingerprint density at radius 1 is 1.27 bits per heavy atom. The molecule has 4 rings (SSSR count). The van der Waals surface area contributed by atoms with Crippen LogP contribution in [0, 0.1) is 6.92 Å². The molecule has 0 aliphatic heterocycles. The number of aryl methyl sites for hydroxylation is 1. The molecule has 1 aliphatic carbocycles. The van der Waals surface area contributed by atoms with E-state index in [-0.39, 0.29) is 47.2 Å². The molecule has 1 fully saturated rings. The number of amidine groups is 1. The van der Waals surface area contributed by atoms with E-state index >= 15 is 0 Å². The van der Waals surface area contributed by atoms with E-state index in [9.17, 15) is 18.0 Å². The van der Waals surface area contributed by atoms with E-state index in [1.165, 1.54) is 20.5 Å². The summed E-state index contributed by atoms with van der Waals surface area (Å²) in [7, 11) is 2.72. The molecule has 1 aliphatic rings. The summed E-state index contributed by atoms with van der Waals surface area (Å²) < 4.78 is 46.9. The minimum absolute atomic E-state index is 0.0264. The highest BCUT2D eigenvalue weighted by molar-refractivity contribution is 7.99. The number of nitrogens with zero attached hydrogens (tertiary/aromatic N) is 7. The highest BCUT2D eigenvalue weighted by Crippen LogP contribution is 2.46. The maximum absolute atomic E-state index is 13.8. The molecule has 0 saturated heterocycles. The van der Waals surface area contributed by atoms with Crippen LogP contribution in [0.4, 0.5) is 24.7 Å². The maximum Gasteiger partial charge on any atom is 0.408 e. The Morgan fingerprint density at radius 2 is 2.02 bits per heavy atom. The van der Waals surface area contributed by atoms with Crippen LogP contribution in [-0.4, -0.2) is 69.2 Å². The molecule has 3 aromatic rings. The van der Waals surface area contributed by atoms with Crippen molar-refractivity contribution in [3.63, 3.8) is 0 Å². The lowest BCUT2D eigenvalue weighted by atomic mass is 10.1. The lowest BCUT2D eigenvalue weighted by Gasteiger charge is -2.29. The number of nitrogens with one attached hydrogen (secondary N) is 1. The van der Waals surface area contributed by atoms with Crippen LogP contribution in [0.1, 0.15) is 49.6 Å². The summed E-state index contributed by atoms with van der Waals surface area (Å²) in [6.07, 6.45) is 0.842. The number of ether oxygens (including phenoxy) is 1. The van der Waals surface area contributed by atoms with Gasteiger partial charge in [-0.15, -0.1) is 11.8 Å². The Hall–Kier alpha value is -3.81. The third kappa shape index (κ3) is 7.10. The van der Waals surface area contributed by atoms with Crippen LogP contribution in [0.5, 0.6) is 5.88 Å². The summed E-state index contributed by atoms with van der Waals surface area (Å²) >= 11 is 1.61. The highest BCUT2D eigenvalue weighted by Gasteiger charge is 2.40. The number of hydrogen-bond acceptors (Lipinski definition) is 10. The van der Waals surface area contributed by atoms with Gasteiger partial charge in [0.25, 0.3) is 0 Å². The molecule has 10 nitrogen and oxygen atoms in total. The number of thioether (sulfide) groups is 1. The molecule has 218 valence electrons. The Kier molecular flexibility index (Phi) is 9.41. The number of alkyl halides is 3. The number of aldehydes is 1. The van der Waals surface area contributed by atoms with Crippen molar-refractivity contribution in [3.8, 4) is 17.3 Å². The van der Waals surface area contributed by atoms with Crippen molar-refractivity contribution in [1.29, 1.82) is 0 Å². The van der Waals surface area contributed by atoms with Crippen molar-refractivity contribution >= 4 is 35.4 Å². The number of aromatic nitrogens is 5. The average Bonchev–Trinajstić information content (AvgIpc) is 3.80. The van der Waals surface area contributed by atoms with E-state index in [2.05, 4.69) is 35.2 Å². The van der Waals surface area contributed by atoms with E-state index in [1.54, 1.807) is 24.9 Å². The summed E-state index contributed by atoms with van der Waals surface area (Å²) in [6, 6.07) is 1.84. The second-order valence-corrected chi connectivity index (χ2v) is 10.7. The second kappa shape index (κ2) is 12.8. The van der Waals surface area contributed by atoms with Crippen molar-refractivity contribution in [2.45, 2.75) is 63.3 Å². The second-order valence-electron chi connectivity index (χ2n) is 9.46. The average molecular weight is 589 g/mol. The van der Waals surface area contributed by atoms with Crippen molar-refractivity contribution < 1.29 is 22.7 Å². The number of halogens is 3. The first-order chi connectivity index (χ1) is 19.6. The largest absolute Gasteiger partial charge is 0.480 e. The zero-order chi connectivity index (χ0) is 29.7. The van der Waals surface area contributed by atoms with Gasteiger partial charge in [0.1, 0.15) is 23.6 Å². The number of rotatable bonds is 11. The van der Waals surface area contributed by atoms with Gasteiger partial charge in [0.15, 0.2) is 23.8 Å². The summed E-state index contributed by atoms with van der Waals surface area (Å²) in [5.74, 6) is 1.20. The fraction of sp³-hybridized carbons (Fsp3) is 0.444. The van der Waals surface area contributed by atoms with Gasteiger partial charge in [-0.1, -0.05) is 13.0 Å². The zero-order valence-corrected chi connectivity index (χ0v) is 24.2. The topological polar surface area (TPSA) is 118 Å². The SMILES string of the molecule is CCSc1ccc(CN/C(C=O)=N/c2c(C)nc(-c3c(OC)ncnc3C3CC3)nc2N(C)C(C)C(F)(F)F)cn1. The Bertz CT molecular complexity index is 1410. The number of hydrogen-bond donors (Lipinski definition) is 1. The zero-order valence-electron chi connectivity index (χ0n) is 23.4. The van der Waals surface area contributed by atoms with Gasteiger partial charge in [-0.2, -0.15) is 13.2 Å². The molecule has 0 aromatic carbocycles. The van der Waals surface area contributed by atoms with Gasteiger partial charge in [0, 0.05) is 25.7 Å². The molecule has 0 spiro atoms. The van der Waals surface area contributed by atoms with Gasteiger partial charge < -0.3 is 15.0 Å². The lowest BCUT2D eigenvalue weighted by Crippen LogP contribution is -2.41. The molecule has 1 unspecified atom stereocenters. The van der Waals surface area contributed by atoms with Crippen molar-refractivity contribution in [3.05, 3.63) is 41.6 Å².